The zero-order valence-electron chi connectivity index (χ0n) is 10.7. The minimum Gasteiger partial charge on any atom is -0.348 e. The molecule has 0 aliphatic rings. The van der Waals surface area contributed by atoms with Crippen molar-refractivity contribution in [3.05, 3.63) is 29.8 Å². The van der Waals surface area contributed by atoms with Gasteiger partial charge in [0.05, 0.1) is 6.04 Å². The Balaban J connectivity index is 2.76. The van der Waals surface area contributed by atoms with Crippen molar-refractivity contribution in [2.45, 2.75) is 32.2 Å². The predicted molar refractivity (Wildman–Crippen MR) is 72.6 cm³/mol. The molecule has 0 heterocycles. The number of benzene rings is 1. The molecule has 0 aliphatic heterocycles. The van der Waals surface area contributed by atoms with E-state index in [1.165, 1.54) is 6.92 Å². The lowest BCUT2D eigenvalue weighted by Crippen LogP contribution is -2.31. The highest BCUT2D eigenvalue weighted by Crippen LogP contribution is 2.17. The van der Waals surface area contributed by atoms with Crippen LogP contribution in [-0.4, -0.2) is 17.2 Å². The van der Waals surface area contributed by atoms with Crippen LogP contribution in [0.25, 0.3) is 0 Å². The lowest BCUT2D eigenvalue weighted by Gasteiger charge is -2.16. The standard InChI is InChI=1S/C13H17ClN2O2/c1-8(14)13(18)15-9(2)11-5-4-6-12(7-11)16-10(3)17/h4-9H,1-3H3,(H,15,18)(H,16,17). The fourth-order valence-corrected chi connectivity index (χ4v) is 1.56. The predicted octanol–water partition coefficient (Wildman–Crippen LogP) is 2.45. The first-order valence-corrected chi connectivity index (χ1v) is 6.15. The molecule has 1 aromatic carbocycles. The smallest absolute Gasteiger partial charge is 0.238 e. The molecule has 0 aliphatic carbocycles. The van der Waals surface area contributed by atoms with Crippen LogP contribution in [0.1, 0.15) is 32.4 Å². The van der Waals surface area contributed by atoms with Gasteiger partial charge >= 0.3 is 0 Å². The largest absolute Gasteiger partial charge is 0.348 e. The summed E-state index contributed by atoms with van der Waals surface area (Å²) in [6.07, 6.45) is 0. The van der Waals surface area contributed by atoms with E-state index in [4.69, 9.17) is 11.6 Å². The second-order valence-electron chi connectivity index (χ2n) is 4.15. The van der Waals surface area contributed by atoms with Gasteiger partial charge in [-0.15, -0.1) is 11.6 Å². The van der Waals surface area contributed by atoms with Crippen molar-refractivity contribution in [2.24, 2.45) is 0 Å². The van der Waals surface area contributed by atoms with E-state index in [-0.39, 0.29) is 17.9 Å². The van der Waals surface area contributed by atoms with Crippen LogP contribution < -0.4 is 10.6 Å². The third kappa shape index (κ3) is 4.37. The van der Waals surface area contributed by atoms with Crippen LogP contribution in [0.4, 0.5) is 5.69 Å². The molecule has 2 N–H and O–H groups in total. The fraction of sp³-hybridized carbons (Fsp3) is 0.385. The van der Waals surface area contributed by atoms with Gasteiger partial charge in [-0.2, -0.15) is 0 Å². The molecule has 1 rings (SSSR count). The molecule has 4 nitrogen and oxygen atoms in total. The zero-order chi connectivity index (χ0) is 13.7. The Hall–Kier alpha value is -1.55. The third-order valence-corrected chi connectivity index (χ3v) is 2.63. The van der Waals surface area contributed by atoms with E-state index in [0.29, 0.717) is 5.69 Å². The lowest BCUT2D eigenvalue weighted by atomic mass is 10.1. The Morgan fingerprint density at radius 3 is 2.50 bits per heavy atom. The maximum absolute atomic E-state index is 11.5. The summed E-state index contributed by atoms with van der Waals surface area (Å²) < 4.78 is 0. The van der Waals surface area contributed by atoms with E-state index in [2.05, 4.69) is 10.6 Å². The highest BCUT2D eigenvalue weighted by atomic mass is 35.5. The molecule has 0 saturated carbocycles. The quantitative estimate of drug-likeness (QED) is 0.824. The van der Waals surface area contributed by atoms with Gasteiger partial charge in [0, 0.05) is 12.6 Å². The van der Waals surface area contributed by atoms with Crippen LogP contribution in [-0.2, 0) is 9.59 Å². The Morgan fingerprint density at radius 1 is 1.28 bits per heavy atom. The van der Waals surface area contributed by atoms with E-state index in [1.807, 2.05) is 25.1 Å². The van der Waals surface area contributed by atoms with Gasteiger partial charge in [-0.3, -0.25) is 9.59 Å². The van der Waals surface area contributed by atoms with Gasteiger partial charge in [0.15, 0.2) is 0 Å². The highest BCUT2D eigenvalue weighted by molar-refractivity contribution is 6.30. The molecule has 98 valence electrons. The summed E-state index contributed by atoms with van der Waals surface area (Å²) in [5.74, 6) is -0.340. The first kappa shape index (κ1) is 14.5. The van der Waals surface area contributed by atoms with Crippen LogP contribution in [0.5, 0.6) is 0 Å². The summed E-state index contributed by atoms with van der Waals surface area (Å²) in [6, 6.07) is 7.17. The Labute approximate surface area is 112 Å². The topological polar surface area (TPSA) is 58.2 Å². The molecular formula is C13H17ClN2O2. The molecule has 0 saturated heterocycles. The molecule has 0 bridgehead atoms. The molecule has 0 radical (unpaired) electrons. The highest BCUT2D eigenvalue weighted by Gasteiger charge is 2.13. The maximum Gasteiger partial charge on any atom is 0.238 e. The molecule has 0 fully saturated rings. The first-order chi connectivity index (χ1) is 8.40. The number of anilines is 1. The van der Waals surface area contributed by atoms with Gasteiger partial charge in [-0.1, -0.05) is 12.1 Å². The molecule has 5 heteroatoms. The number of nitrogens with one attached hydrogen (secondary N) is 2. The van der Waals surface area contributed by atoms with E-state index >= 15 is 0 Å². The number of amides is 2. The third-order valence-electron chi connectivity index (χ3n) is 2.43. The second kappa shape index (κ2) is 6.40. The number of halogens is 1. The second-order valence-corrected chi connectivity index (χ2v) is 4.81. The van der Waals surface area contributed by atoms with Crippen molar-refractivity contribution in [2.75, 3.05) is 5.32 Å². The van der Waals surface area contributed by atoms with Gasteiger partial charge in [-0.05, 0) is 31.5 Å². The lowest BCUT2D eigenvalue weighted by molar-refractivity contribution is -0.121. The summed E-state index contributed by atoms with van der Waals surface area (Å²) in [5, 5.41) is 4.93. The number of carbonyl (C=O) groups is 2. The molecular weight excluding hydrogens is 252 g/mol. The minimum atomic E-state index is -0.564. The summed E-state index contributed by atoms with van der Waals surface area (Å²) in [5.41, 5.74) is 1.62. The number of hydrogen-bond donors (Lipinski definition) is 2. The molecule has 2 amide bonds. The van der Waals surface area contributed by atoms with Gasteiger partial charge in [0.25, 0.3) is 0 Å². The van der Waals surface area contributed by atoms with Crippen LogP contribution in [0.15, 0.2) is 24.3 Å². The Bertz CT molecular complexity index is 446. The molecule has 2 unspecified atom stereocenters. The summed E-state index contributed by atoms with van der Waals surface area (Å²) in [4.78, 5) is 22.4. The fourth-order valence-electron chi connectivity index (χ4n) is 1.50. The van der Waals surface area contributed by atoms with Crippen molar-refractivity contribution in [1.29, 1.82) is 0 Å². The van der Waals surface area contributed by atoms with Gasteiger partial charge in [0.2, 0.25) is 11.8 Å². The molecule has 0 spiro atoms. The zero-order valence-corrected chi connectivity index (χ0v) is 11.4. The normalized spacial score (nSPS) is 13.6. The van der Waals surface area contributed by atoms with Crippen molar-refractivity contribution >= 4 is 29.1 Å². The maximum atomic E-state index is 11.5. The van der Waals surface area contributed by atoms with E-state index in [9.17, 15) is 9.59 Å². The summed E-state index contributed by atoms with van der Waals surface area (Å²) >= 11 is 5.69. The van der Waals surface area contributed by atoms with E-state index in [1.54, 1.807) is 13.0 Å². The Morgan fingerprint density at radius 2 is 1.94 bits per heavy atom. The average molecular weight is 269 g/mol. The minimum absolute atomic E-state index is 0.127. The van der Waals surface area contributed by atoms with Gasteiger partial charge in [0.1, 0.15) is 5.38 Å². The van der Waals surface area contributed by atoms with Crippen molar-refractivity contribution in [3.8, 4) is 0 Å². The van der Waals surface area contributed by atoms with Crippen molar-refractivity contribution < 1.29 is 9.59 Å². The average Bonchev–Trinajstić information content (AvgIpc) is 2.28. The van der Waals surface area contributed by atoms with Crippen LogP contribution in [0, 0.1) is 0 Å². The number of hydrogen-bond acceptors (Lipinski definition) is 2. The molecule has 1 aromatic rings. The van der Waals surface area contributed by atoms with Crippen molar-refractivity contribution in [3.63, 3.8) is 0 Å². The van der Waals surface area contributed by atoms with Crippen LogP contribution >= 0.6 is 11.6 Å². The SMILES string of the molecule is CC(=O)Nc1cccc(C(C)NC(=O)C(C)Cl)c1. The van der Waals surface area contributed by atoms with Crippen LogP contribution in [0.3, 0.4) is 0 Å². The van der Waals surface area contributed by atoms with Crippen molar-refractivity contribution in [1.82, 2.24) is 5.32 Å². The summed E-state index contributed by atoms with van der Waals surface area (Å²) in [7, 11) is 0. The number of carbonyl (C=O) groups excluding carboxylic acids is 2. The molecule has 2 atom stereocenters. The molecule has 18 heavy (non-hydrogen) atoms. The molecule has 0 aromatic heterocycles. The number of rotatable bonds is 4. The number of alkyl halides is 1. The van der Waals surface area contributed by atoms with Crippen LogP contribution in [0.2, 0.25) is 0 Å². The summed E-state index contributed by atoms with van der Waals surface area (Å²) in [6.45, 7) is 4.94. The van der Waals surface area contributed by atoms with Gasteiger partial charge < -0.3 is 10.6 Å². The monoisotopic (exact) mass is 268 g/mol. The van der Waals surface area contributed by atoms with E-state index < -0.39 is 5.38 Å². The van der Waals surface area contributed by atoms with Gasteiger partial charge in [-0.25, -0.2) is 0 Å². The Kier molecular flexibility index (Phi) is 5.16. The first-order valence-electron chi connectivity index (χ1n) is 5.72. The van der Waals surface area contributed by atoms with E-state index in [0.717, 1.165) is 5.56 Å².